The Hall–Kier alpha value is -2.12. The van der Waals surface area contributed by atoms with E-state index in [4.69, 9.17) is 4.74 Å². The minimum Gasteiger partial charge on any atom is -0.444 e. The van der Waals surface area contributed by atoms with Crippen molar-refractivity contribution in [3.63, 3.8) is 0 Å². The summed E-state index contributed by atoms with van der Waals surface area (Å²) in [5.74, 6) is 0.823. The lowest BCUT2D eigenvalue weighted by atomic mass is 9.96. The van der Waals surface area contributed by atoms with Crippen LogP contribution in [-0.2, 0) is 22.6 Å². The number of ether oxygens (including phenoxy) is 1. The second-order valence-corrected chi connectivity index (χ2v) is 7.67. The molecule has 2 aliphatic rings. The van der Waals surface area contributed by atoms with Crippen molar-refractivity contribution in [2.75, 3.05) is 19.6 Å². The Morgan fingerprint density at radius 2 is 1.96 bits per heavy atom. The number of carbonyl (C=O) groups excluding carboxylic acids is 2. The van der Waals surface area contributed by atoms with Crippen LogP contribution in [-0.4, -0.2) is 61.8 Å². The van der Waals surface area contributed by atoms with Crippen LogP contribution >= 0.6 is 0 Å². The van der Waals surface area contributed by atoms with Gasteiger partial charge in [0.2, 0.25) is 5.91 Å². The third-order valence-electron chi connectivity index (χ3n) is 4.53. The number of nitrogens with zero attached hydrogens (tertiary/aromatic N) is 5. The molecule has 3 rings (SSSR count). The quantitative estimate of drug-likeness (QED) is 0.768. The Morgan fingerprint density at radius 3 is 2.67 bits per heavy atom. The first kappa shape index (κ1) is 16.7. The van der Waals surface area contributed by atoms with Gasteiger partial charge in [-0.05, 0) is 26.7 Å². The molecular formula is C16H25N5O3. The average Bonchev–Trinajstić information content (AvgIpc) is 3.10. The smallest absolute Gasteiger partial charge is 0.410 e. The minimum absolute atomic E-state index is 0.0859. The van der Waals surface area contributed by atoms with Crippen LogP contribution in [0, 0.1) is 11.8 Å². The van der Waals surface area contributed by atoms with Gasteiger partial charge in [-0.25, -0.2) is 4.79 Å². The lowest BCUT2D eigenvalue weighted by molar-refractivity contribution is -0.137. The summed E-state index contributed by atoms with van der Waals surface area (Å²) in [6, 6.07) is 0. The second kappa shape index (κ2) is 6.07. The van der Waals surface area contributed by atoms with Gasteiger partial charge in [0.25, 0.3) is 0 Å². The summed E-state index contributed by atoms with van der Waals surface area (Å²) >= 11 is 0. The molecule has 0 aliphatic carbocycles. The number of aromatic nitrogens is 3. The molecule has 2 amide bonds. The van der Waals surface area contributed by atoms with E-state index in [0.29, 0.717) is 32.7 Å². The summed E-state index contributed by atoms with van der Waals surface area (Å²) in [6.45, 7) is 10.4. The maximum Gasteiger partial charge on any atom is 0.410 e. The molecule has 24 heavy (non-hydrogen) atoms. The lowest BCUT2D eigenvalue weighted by Crippen LogP contribution is -2.43. The van der Waals surface area contributed by atoms with Crippen LogP contribution in [0.2, 0.25) is 0 Å². The molecule has 0 saturated carbocycles. The molecule has 0 bridgehead atoms. The molecule has 2 aliphatic heterocycles. The minimum atomic E-state index is -0.528. The first-order valence-corrected chi connectivity index (χ1v) is 8.38. The number of likely N-dealkylation sites (tertiary alicyclic amines) is 1. The number of hydrogen-bond donors (Lipinski definition) is 0. The zero-order valence-corrected chi connectivity index (χ0v) is 14.7. The predicted octanol–water partition coefficient (Wildman–Crippen LogP) is 1.12. The summed E-state index contributed by atoms with van der Waals surface area (Å²) in [7, 11) is 0. The number of hydrogen-bond acceptors (Lipinski definition) is 5. The molecule has 132 valence electrons. The van der Waals surface area contributed by atoms with Gasteiger partial charge in [0, 0.05) is 26.2 Å². The van der Waals surface area contributed by atoms with Crippen LogP contribution in [0.1, 0.15) is 33.5 Å². The van der Waals surface area contributed by atoms with E-state index in [0.717, 1.165) is 5.82 Å². The maximum atomic E-state index is 12.9. The first-order valence-electron chi connectivity index (χ1n) is 8.38. The van der Waals surface area contributed by atoms with Crippen molar-refractivity contribution in [2.24, 2.45) is 11.8 Å². The van der Waals surface area contributed by atoms with E-state index in [1.807, 2.05) is 37.2 Å². The topological polar surface area (TPSA) is 80.6 Å². The zero-order chi connectivity index (χ0) is 17.5. The fourth-order valence-corrected chi connectivity index (χ4v) is 3.25. The maximum absolute atomic E-state index is 12.9. The molecular weight excluding hydrogens is 310 g/mol. The molecule has 2 atom stereocenters. The molecule has 8 nitrogen and oxygen atoms in total. The molecule has 1 aromatic heterocycles. The molecule has 1 fully saturated rings. The molecule has 1 saturated heterocycles. The fraction of sp³-hybridized carbons (Fsp3) is 0.750. The van der Waals surface area contributed by atoms with E-state index in [-0.39, 0.29) is 23.8 Å². The van der Waals surface area contributed by atoms with Gasteiger partial charge in [0.05, 0.1) is 12.5 Å². The second-order valence-electron chi connectivity index (χ2n) is 7.67. The van der Waals surface area contributed by atoms with Gasteiger partial charge in [-0.1, -0.05) is 6.92 Å². The lowest BCUT2D eigenvalue weighted by Gasteiger charge is -2.30. The zero-order valence-electron chi connectivity index (χ0n) is 14.7. The molecule has 0 N–H and O–H groups in total. The third kappa shape index (κ3) is 3.37. The van der Waals surface area contributed by atoms with Crippen LogP contribution in [0.4, 0.5) is 4.79 Å². The Labute approximate surface area is 141 Å². The summed E-state index contributed by atoms with van der Waals surface area (Å²) in [5, 5.41) is 7.94. The van der Waals surface area contributed by atoms with Crippen molar-refractivity contribution in [3.8, 4) is 0 Å². The van der Waals surface area contributed by atoms with Gasteiger partial charge in [-0.2, -0.15) is 0 Å². The van der Waals surface area contributed by atoms with Gasteiger partial charge in [0.15, 0.2) is 5.82 Å². The number of rotatable bonds is 1. The molecule has 0 unspecified atom stereocenters. The summed E-state index contributed by atoms with van der Waals surface area (Å²) in [4.78, 5) is 28.6. The number of carbonyl (C=O) groups is 2. The average molecular weight is 335 g/mol. The van der Waals surface area contributed by atoms with Crippen LogP contribution in [0.5, 0.6) is 0 Å². The Balaban J connectivity index is 1.63. The Morgan fingerprint density at radius 1 is 1.21 bits per heavy atom. The van der Waals surface area contributed by atoms with Gasteiger partial charge in [-0.3, -0.25) is 4.79 Å². The summed E-state index contributed by atoms with van der Waals surface area (Å²) in [6.07, 6.45) is 1.35. The van der Waals surface area contributed by atoms with Crippen LogP contribution < -0.4 is 0 Å². The van der Waals surface area contributed by atoms with Crippen molar-refractivity contribution < 1.29 is 14.3 Å². The van der Waals surface area contributed by atoms with E-state index >= 15 is 0 Å². The molecule has 8 heteroatoms. The molecule has 1 aromatic rings. The number of amides is 2. The van der Waals surface area contributed by atoms with Crippen LogP contribution in [0.3, 0.4) is 0 Å². The highest BCUT2D eigenvalue weighted by molar-refractivity contribution is 5.81. The van der Waals surface area contributed by atoms with Gasteiger partial charge < -0.3 is 19.1 Å². The van der Waals surface area contributed by atoms with Gasteiger partial charge in [0.1, 0.15) is 11.9 Å². The SMILES string of the molecule is C[C@@H]1CN(C(=O)OC(C)(C)C)C[C@H]1C(=O)N1CCn2cnnc2C1. The third-order valence-corrected chi connectivity index (χ3v) is 4.53. The van der Waals surface area contributed by atoms with Crippen molar-refractivity contribution in [2.45, 2.75) is 46.4 Å². The van der Waals surface area contributed by atoms with Crippen molar-refractivity contribution >= 4 is 12.0 Å². The van der Waals surface area contributed by atoms with E-state index in [1.165, 1.54) is 0 Å². The highest BCUT2D eigenvalue weighted by atomic mass is 16.6. The van der Waals surface area contributed by atoms with E-state index in [9.17, 15) is 9.59 Å². The molecule has 3 heterocycles. The summed E-state index contributed by atoms with van der Waals surface area (Å²) in [5.41, 5.74) is -0.528. The summed E-state index contributed by atoms with van der Waals surface area (Å²) < 4.78 is 7.39. The van der Waals surface area contributed by atoms with Crippen molar-refractivity contribution in [1.29, 1.82) is 0 Å². The highest BCUT2D eigenvalue weighted by Gasteiger charge is 2.41. The predicted molar refractivity (Wildman–Crippen MR) is 85.9 cm³/mol. The Kier molecular flexibility index (Phi) is 4.23. The van der Waals surface area contributed by atoms with Crippen LogP contribution in [0.25, 0.3) is 0 Å². The van der Waals surface area contributed by atoms with Crippen molar-refractivity contribution in [3.05, 3.63) is 12.2 Å². The van der Waals surface area contributed by atoms with E-state index in [1.54, 1.807) is 11.2 Å². The van der Waals surface area contributed by atoms with E-state index in [2.05, 4.69) is 10.2 Å². The largest absolute Gasteiger partial charge is 0.444 e. The standard InChI is InChI=1S/C16H25N5O3/c1-11-7-21(15(23)24-16(2,3)4)8-12(11)14(22)19-5-6-20-10-17-18-13(20)9-19/h10-12H,5-9H2,1-4H3/t11-,12-/m1/s1. The van der Waals surface area contributed by atoms with Crippen LogP contribution in [0.15, 0.2) is 6.33 Å². The van der Waals surface area contributed by atoms with E-state index < -0.39 is 5.60 Å². The highest BCUT2D eigenvalue weighted by Crippen LogP contribution is 2.27. The normalized spacial score (nSPS) is 24.0. The fourth-order valence-electron chi connectivity index (χ4n) is 3.25. The number of fused-ring (bicyclic) bond motifs is 1. The molecule has 0 aromatic carbocycles. The molecule has 0 radical (unpaired) electrons. The van der Waals surface area contributed by atoms with Gasteiger partial charge >= 0.3 is 6.09 Å². The first-order chi connectivity index (χ1) is 11.2. The van der Waals surface area contributed by atoms with Crippen molar-refractivity contribution in [1.82, 2.24) is 24.6 Å². The molecule has 0 spiro atoms. The van der Waals surface area contributed by atoms with Gasteiger partial charge in [-0.15, -0.1) is 10.2 Å². The Bertz CT molecular complexity index is 636. The monoisotopic (exact) mass is 335 g/mol.